The first-order valence-corrected chi connectivity index (χ1v) is 10.8. The molecule has 2 aliphatic heterocycles. The van der Waals surface area contributed by atoms with Gasteiger partial charge in [-0.05, 0) is 38.3 Å². The summed E-state index contributed by atoms with van der Waals surface area (Å²) in [5, 5.41) is 0. The van der Waals surface area contributed by atoms with Crippen molar-refractivity contribution in [2.24, 2.45) is 5.92 Å². The van der Waals surface area contributed by atoms with Crippen LogP contribution in [0.15, 0.2) is 42.6 Å². The van der Waals surface area contributed by atoms with Gasteiger partial charge in [0.2, 0.25) is 0 Å². The maximum absolute atomic E-state index is 12.9. The number of hydrogen-bond acceptors (Lipinski definition) is 5. The number of piperidine rings is 1. The van der Waals surface area contributed by atoms with Crippen molar-refractivity contribution in [2.75, 3.05) is 24.6 Å². The number of ether oxygens (including phenoxy) is 1. The summed E-state index contributed by atoms with van der Waals surface area (Å²) < 4.78 is 5.11. The van der Waals surface area contributed by atoms with Gasteiger partial charge in [0.1, 0.15) is 12.4 Å². The van der Waals surface area contributed by atoms with Crippen LogP contribution >= 0.6 is 0 Å². The van der Waals surface area contributed by atoms with E-state index < -0.39 is 6.09 Å². The Morgan fingerprint density at radius 3 is 2.35 bits per heavy atom. The van der Waals surface area contributed by atoms with E-state index in [1.54, 1.807) is 17.0 Å². The summed E-state index contributed by atoms with van der Waals surface area (Å²) in [6.45, 7) is 5.43. The van der Waals surface area contributed by atoms with Crippen LogP contribution in [0.25, 0.3) is 0 Å². The number of likely N-dealkylation sites (tertiary alicyclic amines) is 1. The van der Waals surface area contributed by atoms with Crippen molar-refractivity contribution in [1.82, 2.24) is 9.88 Å². The number of pyridine rings is 1. The predicted octanol–water partition coefficient (Wildman–Crippen LogP) is 3.86. The number of anilines is 1. The van der Waals surface area contributed by atoms with Crippen LogP contribution in [0.3, 0.4) is 0 Å². The van der Waals surface area contributed by atoms with Crippen LogP contribution in [0.1, 0.15) is 52.5 Å². The van der Waals surface area contributed by atoms with Gasteiger partial charge in [0.05, 0.1) is 11.6 Å². The van der Waals surface area contributed by atoms with Gasteiger partial charge in [-0.3, -0.25) is 14.5 Å². The number of nitrogens with zero attached hydrogens (tertiary/aromatic N) is 3. The molecule has 1 atom stereocenters. The van der Waals surface area contributed by atoms with E-state index in [0.29, 0.717) is 43.9 Å². The number of benzene rings is 1. The second kappa shape index (κ2) is 8.88. The maximum atomic E-state index is 12.9. The number of hydrogen-bond donors (Lipinski definition) is 0. The standard InChI is InChI=1S/C24H27N3O4/c1-3-20-15-31-24(30)27(20)21-9-8-19(14-25-21)23(29)26-12-10-18(11-13-26)22(28)17-6-4-16(2)5-7-17/h4-9,14,18,20H,3,10-13,15H2,1-2H3/t20-/m1/s1. The van der Waals surface area contributed by atoms with Crippen LogP contribution in [0.5, 0.6) is 0 Å². The van der Waals surface area contributed by atoms with Crippen LogP contribution in [0.4, 0.5) is 10.6 Å². The molecule has 0 aliphatic carbocycles. The lowest BCUT2D eigenvalue weighted by Gasteiger charge is -2.31. The van der Waals surface area contributed by atoms with Crippen LogP contribution < -0.4 is 4.90 Å². The van der Waals surface area contributed by atoms with Crippen molar-refractivity contribution >= 4 is 23.6 Å². The third kappa shape index (κ3) is 4.31. The van der Waals surface area contributed by atoms with Gasteiger partial charge in [-0.2, -0.15) is 0 Å². The minimum absolute atomic E-state index is 0.0355. The fraction of sp³-hybridized carbons (Fsp3) is 0.417. The van der Waals surface area contributed by atoms with E-state index in [2.05, 4.69) is 4.98 Å². The van der Waals surface area contributed by atoms with E-state index in [-0.39, 0.29) is 23.7 Å². The Morgan fingerprint density at radius 2 is 1.74 bits per heavy atom. The summed E-state index contributed by atoms with van der Waals surface area (Å²) in [6, 6.07) is 11.0. The van der Waals surface area contributed by atoms with Crippen molar-refractivity contribution in [3.63, 3.8) is 0 Å². The average Bonchev–Trinajstić information content (AvgIpc) is 3.19. The molecular weight excluding hydrogens is 394 g/mol. The van der Waals surface area contributed by atoms with Crippen molar-refractivity contribution in [3.05, 3.63) is 59.3 Å². The Bertz CT molecular complexity index is 963. The minimum atomic E-state index is -0.404. The van der Waals surface area contributed by atoms with Crippen LogP contribution in [-0.2, 0) is 4.74 Å². The number of carbonyl (C=O) groups is 3. The van der Waals surface area contributed by atoms with Crippen molar-refractivity contribution < 1.29 is 19.1 Å². The minimum Gasteiger partial charge on any atom is -0.447 e. The number of aromatic nitrogens is 1. The lowest BCUT2D eigenvalue weighted by molar-refractivity contribution is 0.0650. The first-order valence-electron chi connectivity index (χ1n) is 10.8. The first-order chi connectivity index (χ1) is 15.0. The molecule has 162 valence electrons. The Balaban J connectivity index is 1.37. The molecule has 2 fully saturated rings. The van der Waals surface area contributed by atoms with E-state index in [9.17, 15) is 14.4 Å². The molecule has 31 heavy (non-hydrogen) atoms. The zero-order valence-electron chi connectivity index (χ0n) is 17.9. The molecular formula is C24H27N3O4. The molecule has 0 bridgehead atoms. The highest BCUT2D eigenvalue weighted by Crippen LogP contribution is 2.25. The Kier molecular flexibility index (Phi) is 6.02. The molecule has 0 saturated carbocycles. The lowest BCUT2D eigenvalue weighted by atomic mass is 9.88. The first kappa shape index (κ1) is 21.0. The highest BCUT2D eigenvalue weighted by molar-refractivity contribution is 5.98. The van der Waals surface area contributed by atoms with Gasteiger partial charge in [0.15, 0.2) is 5.78 Å². The molecule has 2 aliphatic rings. The summed E-state index contributed by atoms with van der Waals surface area (Å²) >= 11 is 0. The molecule has 2 aromatic rings. The largest absolute Gasteiger partial charge is 0.447 e. The maximum Gasteiger partial charge on any atom is 0.415 e. The van der Waals surface area contributed by atoms with E-state index in [4.69, 9.17) is 4.74 Å². The van der Waals surface area contributed by atoms with E-state index in [1.807, 2.05) is 38.1 Å². The quantitative estimate of drug-likeness (QED) is 0.685. The van der Waals surface area contributed by atoms with Gasteiger partial charge in [0.25, 0.3) is 5.91 Å². The number of carbonyl (C=O) groups excluding carboxylic acids is 3. The van der Waals surface area contributed by atoms with Gasteiger partial charge < -0.3 is 9.64 Å². The van der Waals surface area contributed by atoms with Gasteiger partial charge in [-0.15, -0.1) is 0 Å². The molecule has 4 rings (SSSR count). The van der Waals surface area contributed by atoms with E-state index in [1.165, 1.54) is 11.1 Å². The highest BCUT2D eigenvalue weighted by Gasteiger charge is 2.34. The second-order valence-electron chi connectivity index (χ2n) is 8.21. The van der Waals surface area contributed by atoms with Gasteiger partial charge in [-0.1, -0.05) is 36.8 Å². The molecule has 0 spiro atoms. The Labute approximate surface area is 182 Å². The number of aryl methyl sites for hydroxylation is 1. The number of amides is 2. The third-order valence-electron chi connectivity index (χ3n) is 6.16. The zero-order chi connectivity index (χ0) is 22.0. The molecule has 2 amide bonds. The van der Waals surface area contributed by atoms with Gasteiger partial charge in [0, 0.05) is 30.8 Å². The summed E-state index contributed by atoms with van der Waals surface area (Å²) in [5.74, 6) is 0.491. The van der Waals surface area contributed by atoms with Crippen LogP contribution in [-0.4, -0.2) is 53.4 Å². The summed E-state index contributed by atoms with van der Waals surface area (Å²) in [7, 11) is 0. The number of rotatable bonds is 5. The number of cyclic esters (lactones) is 1. The molecule has 1 aromatic carbocycles. The summed E-state index contributed by atoms with van der Waals surface area (Å²) in [6.07, 6.45) is 3.19. The molecule has 2 saturated heterocycles. The monoisotopic (exact) mass is 421 g/mol. The number of ketones is 1. The lowest BCUT2D eigenvalue weighted by Crippen LogP contribution is -2.40. The topological polar surface area (TPSA) is 79.8 Å². The highest BCUT2D eigenvalue weighted by atomic mass is 16.6. The molecule has 0 unspecified atom stereocenters. The molecule has 3 heterocycles. The van der Waals surface area contributed by atoms with Crippen molar-refractivity contribution in [1.29, 1.82) is 0 Å². The normalized spacial score (nSPS) is 19.4. The van der Waals surface area contributed by atoms with E-state index >= 15 is 0 Å². The average molecular weight is 421 g/mol. The van der Waals surface area contributed by atoms with Crippen LogP contribution in [0, 0.1) is 12.8 Å². The molecule has 0 radical (unpaired) electrons. The summed E-state index contributed by atoms with van der Waals surface area (Å²) in [5.41, 5.74) is 2.34. The SMILES string of the molecule is CC[C@@H]1COC(=O)N1c1ccc(C(=O)N2CCC(C(=O)c3ccc(C)cc3)CC2)cn1. The Morgan fingerprint density at radius 1 is 1.06 bits per heavy atom. The molecule has 0 N–H and O–H groups in total. The van der Waals surface area contributed by atoms with Crippen molar-refractivity contribution in [2.45, 2.75) is 39.2 Å². The van der Waals surface area contributed by atoms with E-state index in [0.717, 1.165) is 17.5 Å². The zero-order valence-corrected chi connectivity index (χ0v) is 17.9. The van der Waals surface area contributed by atoms with Gasteiger partial charge >= 0.3 is 6.09 Å². The number of Topliss-reactive ketones (excluding diaryl/α,β-unsaturated/α-hetero) is 1. The smallest absolute Gasteiger partial charge is 0.415 e. The van der Waals surface area contributed by atoms with Crippen LogP contribution in [0.2, 0.25) is 0 Å². The predicted molar refractivity (Wildman–Crippen MR) is 116 cm³/mol. The Hall–Kier alpha value is -3.22. The molecule has 1 aromatic heterocycles. The molecule has 7 nitrogen and oxygen atoms in total. The van der Waals surface area contributed by atoms with Crippen molar-refractivity contribution in [3.8, 4) is 0 Å². The fourth-order valence-corrected chi connectivity index (χ4v) is 4.18. The fourth-order valence-electron chi connectivity index (χ4n) is 4.18. The third-order valence-corrected chi connectivity index (χ3v) is 6.16. The second-order valence-corrected chi connectivity index (χ2v) is 8.21. The summed E-state index contributed by atoms with van der Waals surface area (Å²) in [4.78, 5) is 45.3. The molecule has 7 heteroatoms. The van der Waals surface area contributed by atoms with Gasteiger partial charge in [-0.25, -0.2) is 9.78 Å².